The van der Waals surface area contributed by atoms with Crippen LogP contribution in [0.2, 0.25) is 0 Å². The lowest BCUT2D eigenvalue weighted by atomic mass is 10.2. The second-order valence-electron chi connectivity index (χ2n) is 3.39. The number of thiazole rings is 1. The van der Waals surface area contributed by atoms with Gasteiger partial charge < -0.3 is 10.1 Å². The fourth-order valence-corrected chi connectivity index (χ4v) is 1.84. The van der Waals surface area contributed by atoms with Crippen LogP contribution < -0.4 is 5.32 Å². The molecule has 0 aliphatic carbocycles. The first kappa shape index (κ1) is 12.3. The van der Waals surface area contributed by atoms with Crippen molar-refractivity contribution in [2.75, 3.05) is 12.4 Å². The number of nitrogens with zero attached hydrogens (tertiary/aromatic N) is 1. The molecular formula is C12H10N2O3S. The van der Waals surface area contributed by atoms with Gasteiger partial charge in [0.2, 0.25) is 0 Å². The maximum Gasteiger partial charge on any atom is 0.337 e. The van der Waals surface area contributed by atoms with Gasteiger partial charge in [-0.1, -0.05) is 0 Å². The molecular weight excluding hydrogens is 252 g/mol. The Labute approximate surface area is 107 Å². The van der Waals surface area contributed by atoms with E-state index in [0.717, 1.165) is 0 Å². The van der Waals surface area contributed by atoms with Gasteiger partial charge in [0.25, 0.3) is 5.91 Å². The van der Waals surface area contributed by atoms with Crippen molar-refractivity contribution < 1.29 is 14.3 Å². The Hall–Kier alpha value is -2.21. The van der Waals surface area contributed by atoms with Crippen LogP contribution in [0.1, 0.15) is 20.0 Å². The lowest BCUT2D eigenvalue weighted by Gasteiger charge is -2.04. The van der Waals surface area contributed by atoms with Gasteiger partial charge in [0.15, 0.2) is 0 Å². The summed E-state index contributed by atoms with van der Waals surface area (Å²) in [5.74, 6) is -0.626. The summed E-state index contributed by atoms with van der Waals surface area (Å²) in [5.41, 5.74) is 2.64. The molecule has 0 atom stereocenters. The van der Waals surface area contributed by atoms with E-state index >= 15 is 0 Å². The van der Waals surface area contributed by atoms with E-state index in [1.165, 1.54) is 24.6 Å². The first-order chi connectivity index (χ1) is 8.70. The molecule has 0 fully saturated rings. The normalized spacial score (nSPS) is 9.83. The highest BCUT2D eigenvalue weighted by molar-refractivity contribution is 7.11. The molecule has 2 rings (SSSR count). The summed E-state index contributed by atoms with van der Waals surface area (Å²) in [7, 11) is 1.32. The van der Waals surface area contributed by atoms with Crippen molar-refractivity contribution in [2.24, 2.45) is 0 Å². The Bertz CT molecular complexity index is 549. The smallest absolute Gasteiger partial charge is 0.337 e. The molecule has 0 bridgehead atoms. The molecule has 2 aromatic rings. The van der Waals surface area contributed by atoms with Crippen LogP contribution in [0.3, 0.4) is 0 Å². The molecule has 0 unspecified atom stereocenters. The average molecular weight is 262 g/mol. The lowest BCUT2D eigenvalue weighted by molar-refractivity contribution is 0.0600. The van der Waals surface area contributed by atoms with Crippen molar-refractivity contribution in [1.29, 1.82) is 0 Å². The van der Waals surface area contributed by atoms with Gasteiger partial charge in [0.05, 0.1) is 24.4 Å². The largest absolute Gasteiger partial charge is 0.465 e. The topological polar surface area (TPSA) is 68.3 Å². The highest BCUT2D eigenvalue weighted by Crippen LogP contribution is 2.13. The maximum atomic E-state index is 11.7. The molecule has 5 nitrogen and oxygen atoms in total. The van der Waals surface area contributed by atoms with Gasteiger partial charge in [0.1, 0.15) is 4.88 Å². The fraction of sp³-hybridized carbons (Fsp3) is 0.0833. The van der Waals surface area contributed by atoms with E-state index in [0.29, 0.717) is 16.1 Å². The maximum absolute atomic E-state index is 11.7. The molecule has 6 heteroatoms. The second-order valence-corrected chi connectivity index (χ2v) is 4.28. The van der Waals surface area contributed by atoms with E-state index in [2.05, 4.69) is 15.0 Å². The number of aromatic nitrogens is 1. The monoisotopic (exact) mass is 262 g/mol. The van der Waals surface area contributed by atoms with Crippen molar-refractivity contribution in [1.82, 2.24) is 4.98 Å². The summed E-state index contributed by atoms with van der Waals surface area (Å²) >= 11 is 1.26. The summed E-state index contributed by atoms with van der Waals surface area (Å²) in [5, 5.41) is 2.71. The van der Waals surface area contributed by atoms with E-state index in [4.69, 9.17) is 0 Å². The van der Waals surface area contributed by atoms with Crippen molar-refractivity contribution in [2.45, 2.75) is 0 Å². The number of nitrogens with one attached hydrogen (secondary N) is 1. The summed E-state index contributed by atoms with van der Waals surface area (Å²) in [6.45, 7) is 0. The minimum absolute atomic E-state index is 0.219. The number of carbonyl (C=O) groups is 2. The van der Waals surface area contributed by atoms with E-state index in [1.807, 2.05) is 0 Å². The van der Waals surface area contributed by atoms with Crippen LogP contribution >= 0.6 is 11.3 Å². The first-order valence-corrected chi connectivity index (χ1v) is 5.97. The van der Waals surface area contributed by atoms with Crippen LogP contribution in [0.5, 0.6) is 0 Å². The number of anilines is 1. The molecule has 18 heavy (non-hydrogen) atoms. The Morgan fingerprint density at radius 3 is 2.56 bits per heavy atom. The molecule has 0 saturated carbocycles. The molecule has 0 aliphatic rings. The van der Waals surface area contributed by atoms with Crippen LogP contribution in [0, 0.1) is 0 Å². The Morgan fingerprint density at radius 1 is 1.28 bits per heavy atom. The Morgan fingerprint density at radius 2 is 2.00 bits per heavy atom. The van der Waals surface area contributed by atoms with Crippen LogP contribution in [0.15, 0.2) is 36.0 Å². The highest BCUT2D eigenvalue weighted by atomic mass is 32.1. The molecule has 1 aromatic carbocycles. The second kappa shape index (κ2) is 5.42. The summed E-state index contributed by atoms with van der Waals surface area (Å²) in [6, 6.07) is 6.47. The number of ether oxygens (including phenoxy) is 1. The predicted octanol–water partition coefficient (Wildman–Crippen LogP) is 2.18. The van der Waals surface area contributed by atoms with E-state index in [1.54, 1.807) is 29.8 Å². The van der Waals surface area contributed by atoms with Gasteiger partial charge >= 0.3 is 5.97 Å². The van der Waals surface area contributed by atoms with Gasteiger partial charge in [0, 0.05) is 5.69 Å². The van der Waals surface area contributed by atoms with Gasteiger partial charge in [-0.15, -0.1) is 11.3 Å². The van der Waals surface area contributed by atoms with Gasteiger partial charge in [-0.3, -0.25) is 9.78 Å². The Kier molecular flexibility index (Phi) is 3.69. The average Bonchev–Trinajstić information content (AvgIpc) is 2.92. The molecule has 1 heterocycles. The zero-order chi connectivity index (χ0) is 13.0. The van der Waals surface area contributed by atoms with Crippen LogP contribution in [0.25, 0.3) is 0 Å². The number of rotatable bonds is 3. The van der Waals surface area contributed by atoms with Crippen molar-refractivity contribution in [3.05, 3.63) is 46.4 Å². The molecule has 0 saturated heterocycles. The number of hydrogen-bond donors (Lipinski definition) is 1. The number of amides is 1. The van der Waals surface area contributed by atoms with Crippen molar-refractivity contribution in [3.63, 3.8) is 0 Å². The van der Waals surface area contributed by atoms with E-state index in [9.17, 15) is 9.59 Å². The summed E-state index contributed by atoms with van der Waals surface area (Å²) in [4.78, 5) is 27.3. The number of benzene rings is 1. The quantitative estimate of drug-likeness (QED) is 0.861. The standard InChI is InChI=1S/C12H10N2O3S/c1-17-12(16)8-2-4-9(5-3-8)14-11(15)10-6-13-7-18-10/h2-7H,1H3,(H,14,15). The van der Waals surface area contributed by atoms with Gasteiger partial charge in [-0.05, 0) is 24.3 Å². The van der Waals surface area contributed by atoms with E-state index < -0.39 is 5.97 Å². The van der Waals surface area contributed by atoms with Crippen LogP contribution in [-0.2, 0) is 4.74 Å². The molecule has 1 amide bonds. The lowest BCUT2D eigenvalue weighted by Crippen LogP contribution is -2.10. The number of methoxy groups -OCH3 is 1. The third kappa shape index (κ3) is 2.72. The van der Waals surface area contributed by atoms with Crippen molar-refractivity contribution in [3.8, 4) is 0 Å². The number of esters is 1. The summed E-state index contributed by atoms with van der Waals surface area (Å²) < 4.78 is 4.58. The predicted molar refractivity (Wildman–Crippen MR) is 67.8 cm³/mol. The SMILES string of the molecule is COC(=O)c1ccc(NC(=O)c2cncs2)cc1. The summed E-state index contributed by atoms with van der Waals surface area (Å²) in [6.07, 6.45) is 1.50. The Balaban J connectivity index is 2.07. The van der Waals surface area contributed by atoms with Crippen LogP contribution in [-0.4, -0.2) is 24.0 Å². The highest BCUT2D eigenvalue weighted by Gasteiger charge is 2.08. The van der Waals surface area contributed by atoms with Gasteiger partial charge in [-0.2, -0.15) is 0 Å². The zero-order valence-electron chi connectivity index (χ0n) is 9.54. The molecule has 0 aliphatic heterocycles. The minimum Gasteiger partial charge on any atom is -0.465 e. The molecule has 0 spiro atoms. The first-order valence-electron chi connectivity index (χ1n) is 5.09. The molecule has 1 aromatic heterocycles. The van der Waals surface area contributed by atoms with Crippen LogP contribution in [0.4, 0.5) is 5.69 Å². The number of hydrogen-bond acceptors (Lipinski definition) is 5. The zero-order valence-corrected chi connectivity index (χ0v) is 10.4. The molecule has 1 N–H and O–H groups in total. The fourth-order valence-electron chi connectivity index (χ4n) is 1.33. The molecule has 0 radical (unpaired) electrons. The molecule has 92 valence electrons. The van der Waals surface area contributed by atoms with E-state index in [-0.39, 0.29) is 5.91 Å². The van der Waals surface area contributed by atoms with Gasteiger partial charge in [-0.25, -0.2) is 4.79 Å². The third-order valence-corrected chi connectivity index (χ3v) is 2.99. The third-order valence-electron chi connectivity index (χ3n) is 2.22. The number of carbonyl (C=O) groups excluding carboxylic acids is 2. The van der Waals surface area contributed by atoms with Crippen molar-refractivity contribution >= 4 is 28.9 Å². The minimum atomic E-state index is -0.407.